The predicted molar refractivity (Wildman–Crippen MR) is 108 cm³/mol. The number of carbonyl (C=O) groups excluding carboxylic acids is 1. The summed E-state index contributed by atoms with van der Waals surface area (Å²) < 4.78 is 37.5. The monoisotopic (exact) mass is 415 g/mol. The van der Waals surface area contributed by atoms with Crippen LogP contribution in [0.15, 0.2) is 64.0 Å². The van der Waals surface area contributed by atoms with Crippen molar-refractivity contribution in [1.82, 2.24) is 5.16 Å². The van der Waals surface area contributed by atoms with E-state index < -0.39 is 16.1 Å². The summed E-state index contributed by atoms with van der Waals surface area (Å²) in [5.41, 5.74) is 1.54. The maximum absolute atomic E-state index is 12.4. The fraction of sp³-hybridized carbons (Fsp3) is 0.200. The zero-order chi connectivity index (χ0) is 21.0. The standard InChI is InChI=1S/C20H21N3O5S/c1-13-4-8-17(9-5-13)27-15(3)20(24)21-16-6-10-18(11-7-16)29(25,26)23-19-12-14(2)28-22-19/h4-12,15H,1-3H3,(H,21,24)(H,22,23)/t15-/m1/s1. The molecule has 0 bridgehead atoms. The third kappa shape index (κ3) is 5.35. The lowest BCUT2D eigenvalue weighted by molar-refractivity contribution is -0.122. The molecule has 3 aromatic rings. The number of sulfonamides is 1. The normalized spacial score (nSPS) is 12.2. The van der Waals surface area contributed by atoms with E-state index in [9.17, 15) is 13.2 Å². The van der Waals surface area contributed by atoms with E-state index in [1.54, 1.807) is 26.0 Å². The second kappa shape index (κ2) is 8.36. The first-order chi connectivity index (χ1) is 13.7. The van der Waals surface area contributed by atoms with Crippen LogP contribution in [-0.4, -0.2) is 25.6 Å². The molecular weight excluding hydrogens is 394 g/mol. The number of nitrogens with zero attached hydrogens (tertiary/aromatic N) is 1. The van der Waals surface area contributed by atoms with Gasteiger partial charge in [-0.15, -0.1) is 0 Å². The molecule has 0 radical (unpaired) electrons. The molecule has 1 heterocycles. The SMILES string of the molecule is Cc1ccc(O[C@H](C)C(=O)Nc2ccc(S(=O)(=O)Nc3cc(C)on3)cc2)cc1. The lowest BCUT2D eigenvalue weighted by atomic mass is 10.2. The third-order valence-electron chi connectivity index (χ3n) is 4.00. The van der Waals surface area contributed by atoms with Gasteiger partial charge in [0.05, 0.1) is 4.90 Å². The molecule has 2 N–H and O–H groups in total. The van der Waals surface area contributed by atoms with E-state index in [0.29, 0.717) is 17.2 Å². The number of hydrogen-bond acceptors (Lipinski definition) is 6. The number of aromatic nitrogens is 1. The van der Waals surface area contributed by atoms with Crippen LogP contribution in [0.4, 0.5) is 11.5 Å². The molecule has 0 fully saturated rings. The van der Waals surface area contributed by atoms with Crippen molar-refractivity contribution in [2.24, 2.45) is 0 Å². The summed E-state index contributed by atoms with van der Waals surface area (Å²) in [7, 11) is -3.82. The largest absolute Gasteiger partial charge is 0.481 e. The Balaban J connectivity index is 1.62. The van der Waals surface area contributed by atoms with Crippen molar-refractivity contribution in [3.05, 3.63) is 65.9 Å². The zero-order valence-electron chi connectivity index (χ0n) is 16.2. The van der Waals surface area contributed by atoms with Crippen LogP contribution in [0.1, 0.15) is 18.2 Å². The summed E-state index contributed by atoms with van der Waals surface area (Å²) in [6, 6.07) is 14.6. The summed E-state index contributed by atoms with van der Waals surface area (Å²) in [5.74, 6) is 0.830. The third-order valence-corrected chi connectivity index (χ3v) is 5.37. The molecule has 0 aliphatic heterocycles. The molecule has 152 valence electrons. The van der Waals surface area contributed by atoms with Crippen molar-refractivity contribution in [3.8, 4) is 5.75 Å². The number of ether oxygens (including phenoxy) is 1. The van der Waals surface area contributed by atoms with E-state index in [0.717, 1.165) is 5.56 Å². The van der Waals surface area contributed by atoms with Crippen LogP contribution in [0.2, 0.25) is 0 Å². The minimum Gasteiger partial charge on any atom is -0.481 e. The average Bonchev–Trinajstić information content (AvgIpc) is 3.08. The number of benzene rings is 2. The van der Waals surface area contributed by atoms with E-state index in [4.69, 9.17) is 9.26 Å². The maximum atomic E-state index is 12.4. The van der Waals surface area contributed by atoms with Crippen molar-refractivity contribution in [2.45, 2.75) is 31.8 Å². The van der Waals surface area contributed by atoms with E-state index in [-0.39, 0.29) is 16.6 Å². The molecule has 0 aliphatic carbocycles. The molecule has 0 unspecified atom stereocenters. The molecule has 3 rings (SSSR count). The van der Waals surface area contributed by atoms with Gasteiger partial charge in [-0.05, 0) is 57.2 Å². The molecule has 8 nitrogen and oxygen atoms in total. The molecule has 0 saturated heterocycles. The first-order valence-electron chi connectivity index (χ1n) is 8.83. The van der Waals surface area contributed by atoms with Gasteiger partial charge >= 0.3 is 0 Å². The number of carbonyl (C=O) groups is 1. The van der Waals surface area contributed by atoms with Crippen molar-refractivity contribution in [3.63, 3.8) is 0 Å². The van der Waals surface area contributed by atoms with Crippen LogP contribution in [-0.2, 0) is 14.8 Å². The first kappa shape index (κ1) is 20.4. The van der Waals surface area contributed by atoms with Gasteiger partial charge in [0, 0.05) is 11.8 Å². The van der Waals surface area contributed by atoms with Crippen molar-refractivity contribution in [2.75, 3.05) is 10.0 Å². The Bertz CT molecular complexity index is 1090. The Morgan fingerprint density at radius 3 is 2.31 bits per heavy atom. The predicted octanol–water partition coefficient (Wildman–Crippen LogP) is 3.50. The second-order valence-electron chi connectivity index (χ2n) is 6.52. The Morgan fingerprint density at radius 2 is 1.72 bits per heavy atom. The summed E-state index contributed by atoms with van der Waals surface area (Å²) in [4.78, 5) is 12.4. The Morgan fingerprint density at radius 1 is 1.07 bits per heavy atom. The van der Waals surface area contributed by atoms with Gasteiger partial charge in [-0.25, -0.2) is 8.42 Å². The molecule has 0 aliphatic rings. The highest BCUT2D eigenvalue weighted by Crippen LogP contribution is 2.19. The summed E-state index contributed by atoms with van der Waals surface area (Å²) in [6.45, 7) is 5.26. The molecule has 2 aromatic carbocycles. The topological polar surface area (TPSA) is 111 Å². The molecule has 0 saturated carbocycles. The van der Waals surface area contributed by atoms with Crippen LogP contribution in [0.25, 0.3) is 0 Å². The number of nitrogens with one attached hydrogen (secondary N) is 2. The quantitative estimate of drug-likeness (QED) is 0.611. The smallest absolute Gasteiger partial charge is 0.265 e. The number of amides is 1. The van der Waals surface area contributed by atoms with Crippen molar-refractivity contribution < 1.29 is 22.5 Å². The van der Waals surface area contributed by atoms with Gasteiger partial charge in [-0.3, -0.25) is 9.52 Å². The van der Waals surface area contributed by atoms with E-state index in [2.05, 4.69) is 15.2 Å². The van der Waals surface area contributed by atoms with Crippen LogP contribution in [0, 0.1) is 13.8 Å². The van der Waals surface area contributed by atoms with Crippen molar-refractivity contribution in [1.29, 1.82) is 0 Å². The molecule has 0 spiro atoms. The van der Waals surface area contributed by atoms with Crippen LogP contribution in [0.5, 0.6) is 5.75 Å². The second-order valence-corrected chi connectivity index (χ2v) is 8.20. The highest BCUT2D eigenvalue weighted by Gasteiger charge is 2.18. The number of anilines is 2. The van der Waals surface area contributed by atoms with Crippen LogP contribution in [0.3, 0.4) is 0 Å². The van der Waals surface area contributed by atoms with Crippen LogP contribution >= 0.6 is 0 Å². The van der Waals surface area contributed by atoms with Gasteiger partial charge in [0.15, 0.2) is 11.9 Å². The number of hydrogen-bond donors (Lipinski definition) is 2. The van der Waals surface area contributed by atoms with Gasteiger partial charge in [-0.2, -0.15) is 0 Å². The van der Waals surface area contributed by atoms with Crippen molar-refractivity contribution >= 4 is 27.4 Å². The van der Waals surface area contributed by atoms with Gasteiger partial charge in [0.2, 0.25) is 0 Å². The molecule has 1 atom stereocenters. The molecule has 1 aromatic heterocycles. The van der Waals surface area contributed by atoms with Gasteiger partial charge in [-0.1, -0.05) is 22.9 Å². The van der Waals surface area contributed by atoms with E-state index in [1.165, 1.54) is 30.3 Å². The lowest BCUT2D eigenvalue weighted by Gasteiger charge is -2.15. The maximum Gasteiger partial charge on any atom is 0.265 e. The lowest BCUT2D eigenvalue weighted by Crippen LogP contribution is -2.30. The van der Waals surface area contributed by atoms with Crippen LogP contribution < -0.4 is 14.8 Å². The summed E-state index contributed by atoms with van der Waals surface area (Å²) >= 11 is 0. The highest BCUT2D eigenvalue weighted by atomic mass is 32.2. The zero-order valence-corrected chi connectivity index (χ0v) is 17.0. The number of aryl methyl sites for hydroxylation is 2. The molecule has 29 heavy (non-hydrogen) atoms. The summed E-state index contributed by atoms with van der Waals surface area (Å²) in [5, 5.41) is 6.30. The Labute approximate surface area is 168 Å². The minimum atomic E-state index is -3.82. The van der Waals surface area contributed by atoms with E-state index >= 15 is 0 Å². The van der Waals surface area contributed by atoms with Gasteiger partial charge in [0.1, 0.15) is 11.5 Å². The molecule has 1 amide bonds. The fourth-order valence-corrected chi connectivity index (χ4v) is 3.43. The Kier molecular flexibility index (Phi) is 5.88. The summed E-state index contributed by atoms with van der Waals surface area (Å²) in [6.07, 6.45) is -0.724. The first-order valence-corrected chi connectivity index (χ1v) is 10.3. The minimum absolute atomic E-state index is 0.0279. The fourth-order valence-electron chi connectivity index (χ4n) is 2.45. The molecule has 9 heteroatoms. The van der Waals surface area contributed by atoms with Gasteiger partial charge < -0.3 is 14.6 Å². The molecular formula is C20H21N3O5S. The van der Waals surface area contributed by atoms with E-state index in [1.807, 2.05) is 19.1 Å². The van der Waals surface area contributed by atoms with Gasteiger partial charge in [0.25, 0.3) is 15.9 Å². The highest BCUT2D eigenvalue weighted by molar-refractivity contribution is 7.92. The average molecular weight is 415 g/mol. The number of rotatable bonds is 7. The Hall–Kier alpha value is -3.33.